The highest BCUT2D eigenvalue weighted by atomic mass is 16.6. The van der Waals surface area contributed by atoms with Crippen LogP contribution in [0.3, 0.4) is 0 Å². The number of aryl methyl sites for hydroxylation is 1. The van der Waals surface area contributed by atoms with Crippen LogP contribution in [0.2, 0.25) is 0 Å². The molecule has 0 heterocycles. The SMILES string of the molecule is CC(=NOc1ccc(C)cc1)c1ccccc1. The van der Waals surface area contributed by atoms with Gasteiger partial charge in [-0.2, -0.15) is 0 Å². The molecule has 0 atom stereocenters. The fourth-order valence-electron chi connectivity index (χ4n) is 1.45. The second kappa shape index (κ2) is 5.30. The van der Waals surface area contributed by atoms with E-state index in [9.17, 15) is 0 Å². The van der Waals surface area contributed by atoms with Crippen LogP contribution in [0.4, 0.5) is 0 Å². The van der Waals surface area contributed by atoms with Gasteiger partial charge in [0, 0.05) is 0 Å². The van der Waals surface area contributed by atoms with Crippen LogP contribution in [0.25, 0.3) is 0 Å². The van der Waals surface area contributed by atoms with Crippen LogP contribution >= 0.6 is 0 Å². The van der Waals surface area contributed by atoms with E-state index in [0.717, 1.165) is 17.0 Å². The highest BCUT2D eigenvalue weighted by Crippen LogP contribution is 2.12. The van der Waals surface area contributed by atoms with Crippen molar-refractivity contribution in [1.82, 2.24) is 0 Å². The second-order valence-corrected chi connectivity index (χ2v) is 3.95. The lowest BCUT2D eigenvalue weighted by atomic mass is 10.1. The Labute approximate surface area is 102 Å². The first-order chi connectivity index (χ1) is 8.25. The molecule has 0 N–H and O–H groups in total. The lowest BCUT2D eigenvalue weighted by molar-refractivity contribution is 0.341. The molecule has 0 aromatic heterocycles. The molecule has 2 nitrogen and oxygen atoms in total. The monoisotopic (exact) mass is 225 g/mol. The van der Waals surface area contributed by atoms with Crippen molar-refractivity contribution >= 4 is 5.71 Å². The zero-order valence-corrected chi connectivity index (χ0v) is 10.1. The molecule has 0 saturated carbocycles. The minimum Gasteiger partial charge on any atom is -0.357 e. The number of hydrogen-bond donors (Lipinski definition) is 0. The normalized spacial score (nSPS) is 11.3. The van der Waals surface area contributed by atoms with Gasteiger partial charge in [-0.3, -0.25) is 0 Å². The van der Waals surface area contributed by atoms with Gasteiger partial charge in [-0.05, 0) is 31.5 Å². The van der Waals surface area contributed by atoms with Gasteiger partial charge >= 0.3 is 0 Å². The summed E-state index contributed by atoms with van der Waals surface area (Å²) in [6.45, 7) is 3.98. The molecule has 2 aromatic carbocycles. The molecule has 0 amide bonds. The summed E-state index contributed by atoms with van der Waals surface area (Å²) in [5.41, 5.74) is 3.15. The molecular weight excluding hydrogens is 210 g/mol. The largest absolute Gasteiger partial charge is 0.357 e. The van der Waals surface area contributed by atoms with Gasteiger partial charge in [0.15, 0.2) is 5.75 Å². The number of hydrogen-bond acceptors (Lipinski definition) is 2. The van der Waals surface area contributed by atoms with Gasteiger partial charge in [-0.15, -0.1) is 0 Å². The third kappa shape index (κ3) is 3.18. The first kappa shape index (κ1) is 11.4. The van der Waals surface area contributed by atoms with Crippen LogP contribution in [-0.2, 0) is 0 Å². The van der Waals surface area contributed by atoms with Crippen molar-refractivity contribution in [3.05, 3.63) is 65.7 Å². The van der Waals surface area contributed by atoms with Crippen molar-refractivity contribution in [1.29, 1.82) is 0 Å². The van der Waals surface area contributed by atoms with Crippen LogP contribution in [0.15, 0.2) is 59.8 Å². The van der Waals surface area contributed by atoms with Gasteiger partial charge in [0.1, 0.15) is 0 Å². The van der Waals surface area contributed by atoms with Crippen LogP contribution < -0.4 is 4.84 Å². The Hall–Kier alpha value is -2.09. The minimum absolute atomic E-state index is 0.755. The molecule has 0 bridgehead atoms. The molecule has 2 heteroatoms. The molecule has 0 aliphatic heterocycles. The average molecular weight is 225 g/mol. The van der Waals surface area contributed by atoms with Crippen molar-refractivity contribution in [3.63, 3.8) is 0 Å². The van der Waals surface area contributed by atoms with Crippen molar-refractivity contribution in [3.8, 4) is 5.75 Å². The Kier molecular flexibility index (Phi) is 3.55. The van der Waals surface area contributed by atoms with Crippen LogP contribution in [-0.4, -0.2) is 5.71 Å². The Morgan fingerprint density at radius 3 is 2.24 bits per heavy atom. The fraction of sp³-hybridized carbons (Fsp3) is 0.133. The van der Waals surface area contributed by atoms with Crippen LogP contribution in [0, 0.1) is 6.92 Å². The molecular formula is C15H15NO. The molecule has 0 aliphatic carbocycles. The minimum atomic E-state index is 0.755. The first-order valence-electron chi connectivity index (χ1n) is 5.59. The molecule has 0 fully saturated rings. The molecule has 2 aromatic rings. The quantitative estimate of drug-likeness (QED) is 0.575. The molecule has 86 valence electrons. The number of benzene rings is 2. The standard InChI is InChI=1S/C15H15NO/c1-12-8-10-15(11-9-12)17-16-13(2)14-6-4-3-5-7-14/h3-11H,1-2H3. The van der Waals surface area contributed by atoms with E-state index in [4.69, 9.17) is 4.84 Å². The van der Waals surface area contributed by atoms with Gasteiger partial charge in [0.05, 0.1) is 5.71 Å². The maximum Gasteiger partial charge on any atom is 0.157 e. The van der Waals surface area contributed by atoms with Gasteiger partial charge in [-0.1, -0.05) is 53.2 Å². The molecule has 0 spiro atoms. The molecule has 17 heavy (non-hydrogen) atoms. The molecule has 2 rings (SSSR count). The Morgan fingerprint density at radius 1 is 0.941 bits per heavy atom. The zero-order chi connectivity index (χ0) is 12.1. The van der Waals surface area contributed by atoms with Gasteiger partial charge in [0.2, 0.25) is 0 Å². The van der Waals surface area contributed by atoms with Gasteiger partial charge in [-0.25, -0.2) is 0 Å². The Balaban J connectivity index is 2.08. The average Bonchev–Trinajstić information content (AvgIpc) is 2.39. The van der Waals surface area contributed by atoms with E-state index in [0.29, 0.717) is 0 Å². The summed E-state index contributed by atoms with van der Waals surface area (Å²) >= 11 is 0. The summed E-state index contributed by atoms with van der Waals surface area (Å²) < 4.78 is 0. The van der Waals surface area contributed by atoms with E-state index < -0.39 is 0 Å². The van der Waals surface area contributed by atoms with Crippen LogP contribution in [0.1, 0.15) is 18.1 Å². The fourth-order valence-corrected chi connectivity index (χ4v) is 1.45. The predicted octanol–water partition coefficient (Wildman–Crippen LogP) is 3.80. The number of rotatable bonds is 3. The predicted molar refractivity (Wildman–Crippen MR) is 70.5 cm³/mol. The zero-order valence-electron chi connectivity index (χ0n) is 10.1. The molecule has 0 radical (unpaired) electrons. The van der Waals surface area contributed by atoms with E-state index in [1.807, 2.05) is 68.4 Å². The molecule has 0 saturated heterocycles. The Morgan fingerprint density at radius 2 is 1.59 bits per heavy atom. The highest BCUT2D eigenvalue weighted by Gasteiger charge is 1.97. The smallest absolute Gasteiger partial charge is 0.157 e. The third-order valence-electron chi connectivity index (χ3n) is 2.50. The van der Waals surface area contributed by atoms with Gasteiger partial charge in [0.25, 0.3) is 0 Å². The number of oxime groups is 1. The summed E-state index contributed by atoms with van der Waals surface area (Å²) in [5.74, 6) is 0.755. The van der Waals surface area contributed by atoms with Crippen molar-refractivity contribution in [2.75, 3.05) is 0 Å². The summed E-state index contributed by atoms with van der Waals surface area (Å²) in [5, 5.41) is 4.11. The van der Waals surface area contributed by atoms with Crippen molar-refractivity contribution < 1.29 is 4.84 Å². The number of nitrogens with zero attached hydrogens (tertiary/aromatic N) is 1. The van der Waals surface area contributed by atoms with Gasteiger partial charge < -0.3 is 4.84 Å². The molecule has 0 aliphatic rings. The third-order valence-corrected chi connectivity index (χ3v) is 2.50. The maximum atomic E-state index is 5.37. The first-order valence-corrected chi connectivity index (χ1v) is 5.59. The van der Waals surface area contributed by atoms with Crippen LogP contribution in [0.5, 0.6) is 5.75 Å². The van der Waals surface area contributed by atoms with E-state index in [1.54, 1.807) is 0 Å². The van der Waals surface area contributed by atoms with E-state index >= 15 is 0 Å². The summed E-state index contributed by atoms with van der Waals surface area (Å²) in [6.07, 6.45) is 0. The van der Waals surface area contributed by atoms with E-state index in [-0.39, 0.29) is 0 Å². The summed E-state index contributed by atoms with van der Waals surface area (Å²) in [6, 6.07) is 17.8. The maximum absolute atomic E-state index is 5.37. The topological polar surface area (TPSA) is 21.6 Å². The van der Waals surface area contributed by atoms with E-state index in [1.165, 1.54) is 5.56 Å². The molecule has 0 unspecified atom stereocenters. The highest BCUT2D eigenvalue weighted by molar-refractivity contribution is 5.98. The van der Waals surface area contributed by atoms with Crippen molar-refractivity contribution in [2.45, 2.75) is 13.8 Å². The lowest BCUT2D eigenvalue weighted by Crippen LogP contribution is -1.97. The van der Waals surface area contributed by atoms with Crippen molar-refractivity contribution in [2.24, 2.45) is 5.16 Å². The summed E-state index contributed by atoms with van der Waals surface area (Å²) in [7, 11) is 0. The Bertz CT molecular complexity index is 500. The lowest BCUT2D eigenvalue weighted by Gasteiger charge is -2.02. The van der Waals surface area contributed by atoms with E-state index in [2.05, 4.69) is 5.16 Å². The second-order valence-electron chi connectivity index (χ2n) is 3.95. The summed E-state index contributed by atoms with van der Waals surface area (Å²) in [4.78, 5) is 5.37.